The molecular formula is C22H26N6O3S. The Labute approximate surface area is 188 Å². The highest BCUT2D eigenvalue weighted by molar-refractivity contribution is 7.84. The van der Waals surface area contributed by atoms with Gasteiger partial charge in [0.15, 0.2) is 5.82 Å². The Bertz CT molecular complexity index is 1180. The molecule has 168 valence electrons. The van der Waals surface area contributed by atoms with E-state index in [2.05, 4.69) is 20.6 Å². The van der Waals surface area contributed by atoms with Crippen LogP contribution in [0.2, 0.25) is 0 Å². The molecule has 2 heterocycles. The molecule has 0 aliphatic rings. The summed E-state index contributed by atoms with van der Waals surface area (Å²) in [5, 5.41) is 5.97. The first-order valence-corrected chi connectivity index (χ1v) is 11.6. The zero-order valence-corrected chi connectivity index (χ0v) is 18.8. The van der Waals surface area contributed by atoms with E-state index in [1.807, 2.05) is 30.3 Å². The minimum absolute atomic E-state index is 0.113. The Balaban J connectivity index is 1.70. The van der Waals surface area contributed by atoms with E-state index in [1.54, 1.807) is 19.1 Å². The fourth-order valence-corrected chi connectivity index (χ4v) is 3.79. The Hall–Kier alpha value is -3.53. The van der Waals surface area contributed by atoms with Crippen molar-refractivity contribution in [2.75, 3.05) is 23.9 Å². The van der Waals surface area contributed by atoms with E-state index in [0.717, 1.165) is 11.1 Å². The van der Waals surface area contributed by atoms with Crippen LogP contribution in [-0.2, 0) is 35.1 Å². The fraction of sp³-hybridized carbons (Fsp3) is 0.273. The van der Waals surface area contributed by atoms with Crippen LogP contribution in [0.5, 0.6) is 0 Å². The molecule has 1 amide bonds. The van der Waals surface area contributed by atoms with E-state index >= 15 is 0 Å². The molecule has 1 atom stereocenters. The number of aromatic nitrogens is 3. The first-order chi connectivity index (χ1) is 15.3. The van der Waals surface area contributed by atoms with Gasteiger partial charge in [-0.15, -0.1) is 0 Å². The van der Waals surface area contributed by atoms with Gasteiger partial charge in [-0.25, -0.2) is 9.97 Å². The van der Waals surface area contributed by atoms with Crippen LogP contribution in [0, 0.1) is 6.92 Å². The molecule has 2 aromatic heterocycles. The summed E-state index contributed by atoms with van der Waals surface area (Å²) >= 11 is 0. The van der Waals surface area contributed by atoms with Gasteiger partial charge < -0.3 is 16.4 Å². The van der Waals surface area contributed by atoms with Gasteiger partial charge in [0.2, 0.25) is 5.91 Å². The summed E-state index contributed by atoms with van der Waals surface area (Å²) in [6.45, 7) is 2.27. The van der Waals surface area contributed by atoms with E-state index in [1.165, 1.54) is 17.0 Å². The maximum atomic E-state index is 12.9. The third-order valence-electron chi connectivity index (χ3n) is 4.86. The lowest BCUT2D eigenvalue weighted by Gasteiger charge is -2.14. The minimum atomic E-state index is -1.49. The molecule has 0 aliphatic carbocycles. The summed E-state index contributed by atoms with van der Waals surface area (Å²) in [4.78, 5) is 33.8. The molecule has 3 aromatic rings. The van der Waals surface area contributed by atoms with Gasteiger partial charge >= 0.3 is 0 Å². The molecule has 0 radical (unpaired) electrons. The monoisotopic (exact) mass is 454 g/mol. The molecule has 0 fully saturated rings. The van der Waals surface area contributed by atoms with Gasteiger partial charge in [-0.1, -0.05) is 36.4 Å². The third-order valence-corrected chi connectivity index (χ3v) is 5.77. The lowest BCUT2D eigenvalue weighted by molar-refractivity contribution is -0.122. The standard InChI is InChI=1S/C22H26N6O3S/c1-15-17(8-9-18(23)27-15)12-25-19(29)14-28-20(32(2)31)13-26-21(22(28)30)24-11-10-16-6-4-3-5-7-16/h3-9,13H,10-12,14H2,1-2H3,(H2,23,27)(H,24,26)(H,25,29)/t32-/m1/s1. The number of pyridine rings is 1. The average molecular weight is 455 g/mol. The second-order valence-electron chi connectivity index (χ2n) is 7.21. The molecule has 0 bridgehead atoms. The van der Waals surface area contributed by atoms with Crippen LogP contribution in [0.4, 0.5) is 11.6 Å². The first-order valence-electron chi connectivity index (χ1n) is 10.0. The summed E-state index contributed by atoms with van der Waals surface area (Å²) in [7, 11) is -1.49. The van der Waals surface area contributed by atoms with Crippen LogP contribution in [0.3, 0.4) is 0 Å². The van der Waals surface area contributed by atoms with Crippen molar-refractivity contribution in [2.45, 2.75) is 31.5 Å². The van der Waals surface area contributed by atoms with Crippen LogP contribution in [0.1, 0.15) is 16.8 Å². The van der Waals surface area contributed by atoms with Crippen molar-refractivity contribution in [1.82, 2.24) is 19.9 Å². The Morgan fingerprint density at radius 2 is 1.94 bits per heavy atom. The summed E-state index contributed by atoms with van der Waals surface area (Å²) in [6, 6.07) is 13.3. The van der Waals surface area contributed by atoms with E-state index in [0.29, 0.717) is 24.5 Å². The third kappa shape index (κ3) is 6.01. The summed E-state index contributed by atoms with van der Waals surface area (Å²) in [5.74, 6) is 0.126. The first kappa shape index (κ1) is 23.1. The number of nitrogens with two attached hydrogens (primary N) is 1. The van der Waals surface area contributed by atoms with Crippen molar-refractivity contribution in [3.63, 3.8) is 0 Å². The number of anilines is 2. The van der Waals surface area contributed by atoms with Gasteiger partial charge in [-0.2, -0.15) is 0 Å². The highest BCUT2D eigenvalue weighted by Crippen LogP contribution is 2.08. The van der Waals surface area contributed by atoms with Crippen molar-refractivity contribution in [2.24, 2.45) is 0 Å². The van der Waals surface area contributed by atoms with Crippen molar-refractivity contribution in [3.8, 4) is 0 Å². The number of carbonyl (C=O) groups excluding carboxylic acids is 1. The molecule has 0 saturated carbocycles. The van der Waals surface area contributed by atoms with Gasteiger partial charge in [-0.3, -0.25) is 18.4 Å². The Kier molecular flexibility index (Phi) is 7.72. The zero-order valence-electron chi connectivity index (χ0n) is 18.0. The Morgan fingerprint density at radius 1 is 1.19 bits per heavy atom. The van der Waals surface area contributed by atoms with Crippen molar-refractivity contribution in [1.29, 1.82) is 0 Å². The largest absolute Gasteiger partial charge is 0.384 e. The number of aryl methyl sites for hydroxylation is 1. The van der Waals surface area contributed by atoms with Gasteiger partial charge in [0.1, 0.15) is 17.4 Å². The van der Waals surface area contributed by atoms with Gasteiger partial charge in [0, 0.05) is 25.0 Å². The summed E-state index contributed by atoms with van der Waals surface area (Å²) in [5.41, 5.74) is 7.81. The van der Waals surface area contributed by atoms with E-state index in [9.17, 15) is 13.8 Å². The quantitative estimate of drug-likeness (QED) is 0.443. The SMILES string of the molecule is Cc1nc(N)ccc1CNC(=O)Cn1c([S@@](C)=O)cnc(NCCc2ccccc2)c1=O. The number of rotatable bonds is 9. The summed E-state index contributed by atoms with van der Waals surface area (Å²) < 4.78 is 13.3. The minimum Gasteiger partial charge on any atom is -0.384 e. The lowest BCUT2D eigenvalue weighted by Crippen LogP contribution is -2.35. The molecule has 4 N–H and O–H groups in total. The molecule has 3 rings (SSSR count). The highest BCUT2D eigenvalue weighted by atomic mass is 32.2. The van der Waals surface area contributed by atoms with Crippen molar-refractivity contribution >= 4 is 28.3 Å². The smallest absolute Gasteiger partial charge is 0.294 e. The number of hydrogen-bond acceptors (Lipinski definition) is 7. The molecule has 32 heavy (non-hydrogen) atoms. The van der Waals surface area contributed by atoms with Crippen LogP contribution in [0.25, 0.3) is 0 Å². The molecule has 0 spiro atoms. The van der Waals surface area contributed by atoms with Crippen LogP contribution in [-0.4, -0.2) is 37.5 Å². The zero-order chi connectivity index (χ0) is 23.1. The molecule has 1 aromatic carbocycles. The maximum Gasteiger partial charge on any atom is 0.294 e. The molecule has 0 aliphatic heterocycles. The number of hydrogen-bond donors (Lipinski definition) is 3. The highest BCUT2D eigenvalue weighted by Gasteiger charge is 2.16. The molecule has 9 nitrogen and oxygen atoms in total. The van der Waals surface area contributed by atoms with E-state index in [-0.39, 0.29) is 23.9 Å². The predicted octanol–water partition coefficient (Wildman–Crippen LogP) is 1.24. The number of nitrogens with one attached hydrogen (secondary N) is 2. The van der Waals surface area contributed by atoms with Gasteiger partial charge in [0.25, 0.3) is 5.56 Å². The number of carbonyl (C=O) groups is 1. The maximum absolute atomic E-state index is 12.9. The van der Waals surface area contributed by atoms with E-state index < -0.39 is 22.3 Å². The lowest BCUT2D eigenvalue weighted by atomic mass is 10.1. The Morgan fingerprint density at radius 3 is 2.62 bits per heavy atom. The van der Waals surface area contributed by atoms with Gasteiger partial charge in [0.05, 0.1) is 17.0 Å². The second kappa shape index (κ2) is 10.7. The van der Waals surface area contributed by atoms with E-state index in [4.69, 9.17) is 5.73 Å². The topological polar surface area (TPSA) is 132 Å². The summed E-state index contributed by atoms with van der Waals surface area (Å²) in [6.07, 6.45) is 3.51. The molecule has 0 saturated heterocycles. The van der Waals surface area contributed by atoms with Crippen LogP contribution < -0.4 is 21.9 Å². The number of nitrogens with zero attached hydrogens (tertiary/aromatic N) is 3. The fourth-order valence-electron chi connectivity index (χ4n) is 3.13. The molecule has 0 unspecified atom stereocenters. The number of benzene rings is 1. The van der Waals surface area contributed by atoms with Crippen LogP contribution in [0.15, 0.2) is 58.5 Å². The molecular weight excluding hydrogens is 428 g/mol. The average Bonchev–Trinajstić information content (AvgIpc) is 2.76. The number of amides is 1. The van der Waals surface area contributed by atoms with Gasteiger partial charge in [-0.05, 0) is 30.5 Å². The van der Waals surface area contributed by atoms with Crippen molar-refractivity contribution in [3.05, 3.63) is 75.8 Å². The second-order valence-corrected chi connectivity index (χ2v) is 8.54. The number of nitrogen functional groups attached to an aromatic ring is 1. The molecule has 10 heteroatoms. The van der Waals surface area contributed by atoms with Crippen LogP contribution >= 0.6 is 0 Å². The predicted molar refractivity (Wildman–Crippen MR) is 125 cm³/mol. The van der Waals surface area contributed by atoms with Crippen molar-refractivity contribution < 1.29 is 9.00 Å². The normalized spacial score (nSPS) is 11.7.